The summed E-state index contributed by atoms with van der Waals surface area (Å²) in [6.45, 7) is 0.376. The van der Waals surface area contributed by atoms with Gasteiger partial charge in [-0.2, -0.15) is 0 Å². The van der Waals surface area contributed by atoms with Crippen LogP contribution in [0, 0.1) is 0 Å². The maximum Gasteiger partial charge on any atom is 0.269 e. The molecule has 1 aromatic rings. The molecule has 3 rings (SSSR count). The summed E-state index contributed by atoms with van der Waals surface area (Å²) in [6, 6.07) is 4.13. The van der Waals surface area contributed by atoms with Gasteiger partial charge in [-0.3, -0.25) is 9.59 Å². The molecule has 27 heavy (non-hydrogen) atoms. The highest BCUT2D eigenvalue weighted by atomic mass is 35.5. The van der Waals surface area contributed by atoms with Crippen LogP contribution in [0.2, 0.25) is 0 Å². The van der Waals surface area contributed by atoms with Gasteiger partial charge in [-0.1, -0.05) is 12.8 Å². The van der Waals surface area contributed by atoms with E-state index in [-0.39, 0.29) is 47.5 Å². The molecule has 0 spiro atoms. The topological polar surface area (TPSA) is 119 Å². The van der Waals surface area contributed by atoms with E-state index in [4.69, 9.17) is 10.5 Å². The second-order valence-electron chi connectivity index (χ2n) is 6.73. The number of hydrogen-bond acceptors (Lipinski definition) is 6. The molecular weight excluding hydrogens is 394 g/mol. The molecule has 150 valence electrons. The summed E-state index contributed by atoms with van der Waals surface area (Å²) in [6.07, 6.45) is 3.61. The minimum atomic E-state index is -3.97. The van der Waals surface area contributed by atoms with Crippen LogP contribution in [0.3, 0.4) is 0 Å². The Labute approximate surface area is 164 Å². The highest BCUT2D eigenvalue weighted by Crippen LogP contribution is 2.32. The first-order chi connectivity index (χ1) is 12.3. The lowest BCUT2D eigenvalue weighted by atomic mass is 9.97. The van der Waals surface area contributed by atoms with Gasteiger partial charge < -0.3 is 15.8 Å². The molecule has 0 bridgehead atoms. The number of methoxy groups -OCH3 is 1. The highest BCUT2D eigenvalue weighted by Gasteiger charge is 2.41. The van der Waals surface area contributed by atoms with Crippen molar-refractivity contribution in [1.82, 2.24) is 9.62 Å². The predicted octanol–water partition coefficient (Wildman–Crippen LogP) is 0.901. The number of carbonyl (C=O) groups is 2. The molecule has 1 heterocycles. The molecule has 0 aromatic heterocycles. The van der Waals surface area contributed by atoms with Crippen LogP contribution in [0.25, 0.3) is 0 Å². The number of halogens is 1. The molecule has 1 fully saturated rings. The second kappa shape index (κ2) is 8.14. The van der Waals surface area contributed by atoms with E-state index in [1.54, 1.807) is 0 Å². The van der Waals surface area contributed by atoms with Gasteiger partial charge in [-0.15, -0.1) is 12.4 Å². The Balaban J connectivity index is 0.00000261. The molecule has 8 nitrogen and oxygen atoms in total. The second-order valence-corrected chi connectivity index (χ2v) is 8.56. The summed E-state index contributed by atoms with van der Waals surface area (Å²) >= 11 is 0. The molecule has 1 aliphatic carbocycles. The van der Waals surface area contributed by atoms with E-state index in [1.807, 2.05) is 0 Å². The molecule has 10 heteroatoms. The van der Waals surface area contributed by atoms with Crippen LogP contribution in [0.4, 0.5) is 0 Å². The monoisotopic (exact) mass is 417 g/mol. The lowest BCUT2D eigenvalue weighted by Gasteiger charge is -2.28. The van der Waals surface area contributed by atoms with E-state index >= 15 is 0 Å². The molecule has 0 atom stereocenters. The first-order valence-corrected chi connectivity index (χ1v) is 10.0. The number of rotatable bonds is 6. The largest absolute Gasteiger partial charge is 0.383 e. The van der Waals surface area contributed by atoms with Gasteiger partial charge in [0, 0.05) is 19.2 Å². The maximum absolute atomic E-state index is 12.6. The first-order valence-electron chi connectivity index (χ1n) is 8.57. The number of carbonyl (C=O) groups excluding carboxylic acids is 2. The van der Waals surface area contributed by atoms with Gasteiger partial charge in [0.15, 0.2) is 0 Å². The van der Waals surface area contributed by atoms with E-state index in [9.17, 15) is 18.0 Å². The Morgan fingerprint density at radius 1 is 1.33 bits per heavy atom. The minimum Gasteiger partial charge on any atom is -0.383 e. The standard InChI is InChI=1S/C17H23N3O5S.ClH/c1-25-9-8-20-16(22)13-5-4-12(10-14(13)26(20,23)24)15(21)19-17(11-18)6-2-3-7-17;/h4-5,10H,2-3,6-9,11,18H2,1H3,(H,19,21);1H. The molecule has 1 saturated carbocycles. The van der Waals surface area contributed by atoms with Gasteiger partial charge in [0.1, 0.15) is 4.90 Å². The van der Waals surface area contributed by atoms with Gasteiger partial charge in [0.05, 0.1) is 24.3 Å². The number of benzene rings is 1. The average molecular weight is 418 g/mol. The Hall–Kier alpha value is -1.68. The number of amides is 2. The fraction of sp³-hybridized carbons (Fsp3) is 0.529. The summed E-state index contributed by atoms with van der Waals surface area (Å²) in [5, 5.41) is 2.96. The Morgan fingerprint density at radius 3 is 2.59 bits per heavy atom. The van der Waals surface area contributed by atoms with Gasteiger partial charge in [-0.25, -0.2) is 12.7 Å². The summed E-state index contributed by atoms with van der Waals surface area (Å²) in [4.78, 5) is 24.8. The van der Waals surface area contributed by atoms with Gasteiger partial charge >= 0.3 is 0 Å². The van der Waals surface area contributed by atoms with Crippen LogP contribution in [-0.4, -0.2) is 56.9 Å². The van der Waals surface area contributed by atoms with Crippen LogP contribution in [0.1, 0.15) is 46.4 Å². The number of nitrogens with zero attached hydrogens (tertiary/aromatic N) is 1. The molecule has 0 radical (unpaired) electrons. The maximum atomic E-state index is 12.6. The summed E-state index contributed by atoms with van der Waals surface area (Å²) < 4.78 is 30.9. The average Bonchev–Trinajstić information content (AvgIpc) is 3.16. The van der Waals surface area contributed by atoms with E-state index in [2.05, 4.69) is 5.32 Å². The van der Waals surface area contributed by atoms with Crippen molar-refractivity contribution in [2.24, 2.45) is 5.73 Å². The van der Waals surface area contributed by atoms with Crippen molar-refractivity contribution in [3.63, 3.8) is 0 Å². The third kappa shape index (κ3) is 3.82. The van der Waals surface area contributed by atoms with Crippen LogP contribution in [0.5, 0.6) is 0 Å². The van der Waals surface area contributed by atoms with Crippen molar-refractivity contribution in [2.75, 3.05) is 26.8 Å². The smallest absolute Gasteiger partial charge is 0.269 e. The number of nitrogens with one attached hydrogen (secondary N) is 1. The van der Waals surface area contributed by atoms with Crippen molar-refractivity contribution in [3.05, 3.63) is 29.3 Å². The fourth-order valence-corrected chi connectivity index (χ4v) is 5.13. The predicted molar refractivity (Wildman–Crippen MR) is 102 cm³/mol. The van der Waals surface area contributed by atoms with Crippen LogP contribution < -0.4 is 11.1 Å². The van der Waals surface area contributed by atoms with Crippen molar-refractivity contribution in [1.29, 1.82) is 0 Å². The molecular formula is C17H24ClN3O5S. The molecule has 2 aliphatic rings. The minimum absolute atomic E-state index is 0. The fourth-order valence-electron chi connectivity index (χ4n) is 3.56. The van der Waals surface area contributed by atoms with E-state index < -0.39 is 21.5 Å². The van der Waals surface area contributed by atoms with Gasteiger partial charge in [-0.05, 0) is 31.0 Å². The zero-order valence-electron chi connectivity index (χ0n) is 15.1. The van der Waals surface area contributed by atoms with Crippen molar-refractivity contribution < 1.29 is 22.7 Å². The first kappa shape index (κ1) is 21.6. The zero-order valence-corrected chi connectivity index (χ0v) is 16.7. The van der Waals surface area contributed by atoms with Crippen molar-refractivity contribution in [2.45, 2.75) is 36.1 Å². The van der Waals surface area contributed by atoms with E-state index in [0.29, 0.717) is 6.54 Å². The lowest BCUT2D eigenvalue weighted by Crippen LogP contribution is -2.51. The molecule has 1 aliphatic heterocycles. The quantitative estimate of drug-likeness (QED) is 0.709. The van der Waals surface area contributed by atoms with Gasteiger partial charge in [0.2, 0.25) is 0 Å². The Kier molecular flexibility index (Phi) is 6.51. The molecule has 1 aromatic carbocycles. The number of nitrogens with two attached hydrogens (primary N) is 1. The summed E-state index contributed by atoms with van der Waals surface area (Å²) in [7, 11) is -2.54. The third-order valence-electron chi connectivity index (χ3n) is 5.10. The molecule has 0 unspecified atom stereocenters. The molecule has 3 N–H and O–H groups in total. The van der Waals surface area contributed by atoms with E-state index in [1.165, 1.54) is 25.3 Å². The van der Waals surface area contributed by atoms with Crippen molar-refractivity contribution >= 4 is 34.2 Å². The highest BCUT2D eigenvalue weighted by molar-refractivity contribution is 7.90. The van der Waals surface area contributed by atoms with Gasteiger partial charge in [0.25, 0.3) is 21.8 Å². The number of ether oxygens (including phenoxy) is 1. The summed E-state index contributed by atoms with van der Waals surface area (Å²) in [5.74, 6) is -0.976. The zero-order chi connectivity index (χ0) is 18.9. The normalized spacial score (nSPS) is 19.5. The molecule has 0 saturated heterocycles. The number of hydrogen-bond donors (Lipinski definition) is 2. The number of fused-ring (bicyclic) bond motifs is 1. The van der Waals surface area contributed by atoms with Crippen LogP contribution in [-0.2, 0) is 14.8 Å². The van der Waals surface area contributed by atoms with Crippen molar-refractivity contribution in [3.8, 4) is 0 Å². The lowest BCUT2D eigenvalue weighted by molar-refractivity contribution is 0.0835. The Bertz CT molecular complexity index is 837. The number of sulfonamides is 1. The third-order valence-corrected chi connectivity index (χ3v) is 6.92. The summed E-state index contributed by atoms with van der Waals surface area (Å²) in [5.41, 5.74) is 5.68. The van der Waals surface area contributed by atoms with Crippen LogP contribution >= 0.6 is 12.4 Å². The van der Waals surface area contributed by atoms with E-state index in [0.717, 1.165) is 30.0 Å². The molecule has 2 amide bonds. The van der Waals surface area contributed by atoms with Crippen LogP contribution in [0.15, 0.2) is 23.1 Å². The Morgan fingerprint density at radius 2 is 2.00 bits per heavy atom. The SMILES string of the molecule is COCCN1C(=O)c2ccc(C(=O)NC3(CN)CCCC3)cc2S1(=O)=O.Cl.